The Kier molecular flexibility index (Phi) is 3.69. The van der Waals surface area contributed by atoms with Gasteiger partial charge in [0.15, 0.2) is 0 Å². The molecule has 0 unspecified atom stereocenters. The van der Waals surface area contributed by atoms with Gasteiger partial charge in [0.2, 0.25) is 0 Å². The standard InChI is InChI=1S/C21H19N/c1-21(2,3)18-12-8-16(9-13-18)10-14-19-15-11-17-6-4-5-7-20(17)22-19/h4-9,11-13,15H,1-3H3. The molecule has 0 amide bonds. The summed E-state index contributed by atoms with van der Waals surface area (Å²) in [7, 11) is 0. The van der Waals surface area contributed by atoms with E-state index in [0.29, 0.717) is 0 Å². The second kappa shape index (κ2) is 5.66. The Labute approximate surface area is 132 Å². The van der Waals surface area contributed by atoms with Gasteiger partial charge in [0.05, 0.1) is 5.52 Å². The van der Waals surface area contributed by atoms with Crippen LogP contribution >= 0.6 is 0 Å². The molecule has 1 heterocycles. The molecule has 0 atom stereocenters. The van der Waals surface area contributed by atoms with Crippen LogP contribution in [0.5, 0.6) is 0 Å². The minimum absolute atomic E-state index is 0.172. The smallest absolute Gasteiger partial charge is 0.114 e. The fourth-order valence-corrected chi connectivity index (χ4v) is 2.33. The highest BCUT2D eigenvalue weighted by molar-refractivity contribution is 5.78. The topological polar surface area (TPSA) is 12.9 Å². The zero-order chi connectivity index (χ0) is 15.6. The molecule has 0 bridgehead atoms. The fourth-order valence-electron chi connectivity index (χ4n) is 2.33. The zero-order valence-electron chi connectivity index (χ0n) is 13.2. The second-order valence-electron chi connectivity index (χ2n) is 6.47. The molecule has 22 heavy (non-hydrogen) atoms. The minimum atomic E-state index is 0.172. The van der Waals surface area contributed by atoms with Gasteiger partial charge in [-0.2, -0.15) is 0 Å². The van der Waals surface area contributed by atoms with Gasteiger partial charge in [0.25, 0.3) is 0 Å². The van der Waals surface area contributed by atoms with Crippen LogP contribution in [0.1, 0.15) is 37.6 Å². The van der Waals surface area contributed by atoms with E-state index >= 15 is 0 Å². The lowest BCUT2D eigenvalue weighted by Crippen LogP contribution is -2.10. The van der Waals surface area contributed by atoms with Crippen molar-refractivity contribution in [3.63, 3.8) is 0 Å². The van der Waals surface area contributed by atoms with E-state index in [1.54, 1.807) is 0 Å². The van der Waals surface area contributed by atoms with Gasteiger partial charge in [-0.3, -0.25) is 0 Å². The number of fused-ring (bicyclic) bond motifs is 1. The lowest BCUT2D eigenvalue weighted by Gasteiger charge is -2.18. The molecule has 2 aromatic carbocycles. The van der Waals surface area contributed by atoms with Crippen molar-refractivity contribution >= 4 is 10.9 Å². The first kappa shape index (κ1) is 14.4. The second-order valence-corrected chi connectivity index (χ2v) is 6.47. The summed E-state index contributed by atoms with van der Waals surface area (Å²) in [6, 6.07) is 20.6. The molecule has 0 saturated heterocycles. The highest BCUT2D eigenvalue weighted by atomic mass is 14.7. The lowest BCUT2D eigenvalue weighted by molar-refractivity contribution is 0.590. The quantitative estimate of drug-likeness (QED) is 0.534. The molecule has 0 radical (unpaired) electrons. The normalized spacial score (nSPS) is 11.0. The summed E-state index contributed by atoms with van der Waals surface area (Å²) in [5.74, 6) is 6.34. The predicted molar refractivity (Wildman–Crippen MR) is 92.9 cm³/mol. The third-order valence-corrected chi connectivity index (χ3v) is 3.68. The van der Waals surface area contributed by atoms with Crippen molar-refractivity contribution in [1.29, 1.82) is 0 Å². The summed E-state index contributed by atoms with van der Waals surface area (Å²) in [6.07, 6.45) is 0. The van der Waals surface area contributed by atoms with Gasteiger partial charge < -0.3 is 0 Å². The van der Waals surface area contributed by atoms with Crippen molar-refractivity contribution in [2.75, 3.05) is 0 Å². The molecule has 1 heteroatoms. The molecule has 0 spiro atoms. The molecular weight excluding hydrogens is 266 g/mol. The van der Waals surface area contributed by atoms with Gasteiger partial charge in [-0.25, -0.2) is 4.98 Å². The Bertz CT molecular complexity index is 856. The van der Waals surface area contributed by atoms with Crippen molar-refractivity contribution in [1.82, 2.24) is 4.98 Å². The maximum Gasteiger partial charge on any atom is 0.114 e. The van der Waals surface area contributed by atoms with E-state index < -0.39 is 0 Å². The first-order chi connectivity index (χ1) is 10.5. The first-order valence-electron chi connectivity index (χ1n) is 7.51. The average molecular weight is 285 g/mol. The van der Waals surface area contributed by atoms with Gasteiger partial charge in [-0.1, -0.05) is 63.1 Å². The van der Waals surface area contributed by atoms with Crippen molar-refractivity contribution in [3.8, 4) is 11.8 Å². The summed E-state index contributed by atoms with van der Waals surface area (Å²) < 4.78 is 0. The van der Waals surface area contributed by atoms with Crippen molar-refractivity contribution in [2.45, 2.75) is 26.2 Å². The Morgan fingerprint density at radius 1 is 0.773 bits per heavy atom. The number of rotatable bonds is 0. The number of hydrogen-bond acceptors (Lipinski definition) is 1. The van der Waals surface area contributed by atoms with Crippen molar-refractivity contribution < 1.29 is 0 Å². The minimum Gasteiger partial charge on any atom is -0.239 e. The molecule has 0 aliphatic carbocycles. The SMILES string of the molecule is CC(C)(C)c1ccc(C#Cc2ccc3ccccc3n2)cc1. The number of hydrogen-bond donors (Lipinski definition) is 0. The Morgan fingerprint density at radius 2 is 1.50 bits per heavy atom. The van der Waals surface area contributed by atoms with Crippen LogP contribution in [0.2, 0.25) is 0 Å². The fraction of sp³-hybridized carbons (Fsp3) is 0.190. The molecule has 3 aromatic rings. The first-order valence-corrected chi connectivity index (χ1v) is 7.51. The van der Waals surface area contributed by atoms with Crippen LogP contribution in [0.3, 0.4) is 0 Å². The molecule has 3 rings (SSSR count). The molecule has 108 valence electrons. The van der Waals surface area contributed by atoms with Crippen LogP contribution < -0.4 is 0 Å². The van der Waals surface area contributed by atoms with E-state index in [9.17, 15) is 0 Å². The zero-order valence-corrected chi connectivity index (χ0v) is 13.2. The molecule has 1 aromatic heterocycles. The third-order valence-electron chi connectivity index (χ3n) is 3.68. The highest BCUT2D eigenvalue weighted by Gasteiger charge is 2.12. The van der Waals surface area contributed by atoms with Crippen molar-refractivity contribution in [3.05, 3.63) is 77.5 Å². The molecule has 0 fully saturated rings. The van der Waals surface area contributed by atoms with Gasteiger partial charge in [-0.15, -0.1) is 0 Å². The summed E-state index contributed by atoms with van der Waals surface area (Å²) in [5, 5.41) is 1.14. The number of pyridine rings is 1. The van der Waals surface area contributed by atoms with Gasteiger partial charge in [0, 0.05) is 10.9 Å². The van der Waals surface area contributed by atoms with E-state index in [4.69, 9.17) is 0 Å². The van der Waals surface area contributed by atoms with Crippen LogP contribution in [-0.4, -0.2) is 4.98 Å². The maximum absolute atomic E-state index is 4.57. The van der Waals surface area contributed by atoms with E-state index in [1.165, 1.54) is 5.56 Å². The van der Waals surface area contributed by atoms with Crippen LogP contribution in [0.15, 0.2) is 60.7 Å². The predicted octanol–water partition coefficient (Wildman–Crippen LogP) is 4.93. The van der Waals surface area contributed by atoms with Crippen LogP contribution in [-0.2, 0) is 5.41 Å². The number of benzene rings is 2. The monoisotopic (exact) mass is 285 g/mol. The Balaban J connectivity index is 1.87. The summed E-state index contributed by atoms with van der Waals surface area (Å²) >= 11 is 0. The summed E-state index contributed by atoms with van der Waals surface area (Å²) in [4.78, 5) is 4.57. The van der Waals surface area contributed by atoms with Crippen molar-refractivity contribution in [2.24, 2.45) is 0 Å². The van der Waals surface area contributed by atoms with E-state index in [2.05, 4.69) is 74.0 Å². The molecule has 0 saturated carbocycles. The Morgan fingerprint density at radius 3 is 2.23 bits per heavy atom. The van der Waals surface area contributed by atoms with Gasteiger partial charge >= 0.3 is 0 Å². The van der Waals surface area contributed by atoms with Crippen LogP contribution in [0.4, 0.5) is 0 Å². The largest absolute Gasteiger partial charge is 0.239 e. The van der Waals surface area contributed by atoms with Gasteiger partial charge in [-0.05, 0) is 41.2 Å². The summed E-state index contributed by atoms with van der Waals surface area (Å²) in [5.41, 5.74) is 4.30. The summed E-state index contributed by atoms with van der Waals surface area (Å²) in [6.45, 7) is 6.64. The highest BCUT2D eigenvalue weighted by Crippen LogP contribution is 2.22. The molecule has 0 aliphatic rings. The molecule has 0 N–H and O–H groups in total. The Hall–Kier alpha value is -2.59. The number of para-hydroxylation sites is 1. The average Bonchev–Trinajstić information content (AvgIpc) is 2.52. The number of nitrogens with zero attached hydrogens (tertiary/aromatic N) is 1. The van der Waals surface area contributed by atoms with Crippen LogP contribution in [0, 0.1) is 11.8 Å². The van der Waals surface area contributed by atoms with E-state index in [-0.39, 0.29) is 5.41 Å². The lowest BCUT2D eigenvalue weighted by atomic mass is 9.87. The van der Waals surface area contributed by atoms with E-state index in [0.717, 1.165) is 22.2 Å². The number of aromatic nitrogens is 1. The third kappa shape index (κ3) is 3.18. The maximum atomic E-state index is 4.57. The van der Waals surface area contributed by atoms with Gasteiger partial charge in [0.1, 0.15) is 5.69 Å². The van der Waals surface area contributed by atoms with Crippen LogP contribution in [0.25, 0.3) is 10.9 Å². The molecule has 1 nitrogen and oxygen atoms in total. The molecule has 0 aliphatic heterocycles. The molecular formula is C21H19N. The van der Waals surface area contributed by atoms with E-state index in [1.807, 2.05) is 24.3 Å².